The van der Waals surface area contributed by atoms with Crippen molar-refractivity contribution >= 4 is 24.0 Å². The fraction of sp³-hybridized carbons (Fsp3) is 0.556. The molecule has 0 aromatic heterocycles. The maximum Gasteiger partial charge on any atom is 0.161 e. The zero-order valence-electron chi connectivity index (χ0n) is 13.1. The zero-order valence-corrected chi connectivity index (χ0v) is 14.8. The number of halogens is 1. The molecule has 2 heteroatoms. The van der Waals surface area contributed by atoms with Gasteiger partial charge in [-0.1, -0.05) is 45.2 Å². The van der Waals surface area contributed by atoms with Gasteiger partial charge in [-0.25, -0.2) is 0 Å². The van der Waals surface area contributed by atoms with E-state index in [4.69, 9.17) is 11.1 Å². The Morgan fingerprint density at radius 2 is 1.90 bits per heavy atom. The van der Waals surface area contributed by atoms with Gasteiger partial charge in [0.1, 0.15) is 0 Å². The third kappa shape index (κ3) is 2.29. The van der Waals surface area contributed by atoms with Gasteiger partial charge >= 0.3 is 0 Å². The van der Waals surface area contributed by atoms with Crippen LogP contribution in [0.3, 0.4) is 0 Å². The van der Waals surface area contributed by atoms with Crippen LogP contribution in [0, 0.1) is 5.92 Å². The molecule has 2 aliphatic carbocycles. The number of allylic oxidation sites excluding steroid dienone is 2. The van der Waals surface area contributed by atoms with Gasteiger partial charge in [0.2, 0.25) is 0 Å². The highest BCUT2D eigenvalue weighted by molar-refractivity contribution is 7.20. The molecular weight excluding hydrogens is 280 g/mol. The third-order valence-electron chi connectivity index (χ3n) is 5.14. The number of aryl methyl sites for hydroxylation is 2. The molecule has 0 saturated carbocycles. The summed E-state index contributed by atoms with van der Waals surface area (Å²) in [6.45, 7) is 9.21. The SMILES string of the molecule is CCC(C)C1=CC([Si](C)(C)Cl)c2cc3c(cc21)CCC3. The molecule has 20 heavy (non-hydrogen) atoms. The predicted molar refractivity (Wildman–Crippen MR) is 92.0 cm³/mol. The van der Waals surface area contributed by atoms with Gasteiger partial charge in [-0.2, -0.15) is 11.1 Å². The van der Waals surface area contributed by atoms with Crippen LogP contribution >= 0.6 is 11.1 Å². The Hall–Kier alpha value is -0.533. The molecule has 0 amide bonds. The molecule has 108 valence electrons. The van der Waals surface area contributed by atoms with Crippen molar-refractivity contribution in [3.8, 4) is 0 Å². The van der Waals surface area contributed by atoms with E-state index in [2.05, 4.69) is 45.2 Å². The van der Waals surface area contributed by atoms with Crippen LogP contribution in [0.5, 0.6) is 0 Å². The maximum atomic E-state index is 6.83. The van der Waals surface area contributed by atoms with E-state index >= 15 is 0 Å². The molecule has 2 atom stereocenters. The maximum absolute atomic E-state index is 6.83. The van der Waals surface area contributed by atoms with Crippen molar-refractivity contribution in [1.29, 1.82) is 0 Å². The Balaban J connectivity index is 2.14. The van der Waals surface area contributed by atoms with Gasteiger partial charge < -0.3 is 0 Å². The summed E-state index contributed by atoms with van der Waals surface area (Å²) in [6.07, 6.45) is 7.57. The lowest BCUT2D eigenvalue weighted by atomic mass is 9.91. The van der Waals surface area contributed by atoms with E-state index in [-0.39, 0.29) is 0 Å². The van der Waals surface area contributed by atoms with Crippen molar-refractivity contribution in [1.82, 2.24) is 0 Å². The van der Waals surface area contributed by atoms with Crippen molar-refractivity contribution in [3.05, 3.63) is 40.5 Å². The quantitative estimate of drug-likeness (QED) is 0.497. The fourth-order valence-corrected chi connectivity index (χ4v) is 5.82. The summed E-state index contributed by atoms with van der Waals surface area (Å²) in [7, 11) is -1.71. The molecule has 3 rings (SSSR count). The first kappa shape index (κ1) is 14.4. The Kier molecular flexibility index (Phi) is 3.62. The summed E-state index contributed by atoms with van der Waals surface area (Å²) in [6, 6.07) is 4.98. The average molecular weight is 305 g/mol. The van der Waals surface area contributed by atoms with Gasteiger partial charge in [0.25, 0.3) is 0 Å². The fourth-order valence-electron chi connectivity index (χ4n) is 3.73. The van der Waals surface area contributed by atoms with Crippen LogP contribution in [0.25, 0.3) is 5.57 Å². The van der Waals surface area contributed by atoms with Crippen LogP contribution in [0.15, 0.2) is 18.2 Å². The molecule has 0 radical (unpaired) electrons. The minimum atomic E-state index is -1.71. The molecule has 0 N–H and O–H groups in total. The van der Waals surface area contributed by atoms with Gasteiger partial charge in [-0.3, -0.25) is 0 Å². The highest BCUT2D eigenvalue weighted by Crippen LogP contribution is 2.47. The van der Waals surface area contributed by atoms with E-state index < -0.39 is 7.38 Å². The summed E-state index contributed by atoms with van der Waals surface area (Å²) in [5, 5.41) is 0. The van der Waals surface area contributed by atoms with Crippen molar-refractivity contribution in [2.45, 2.75) is 58.2 Å². The summed E-state index contributed by atoms with van der Waals surface area (Å²) >= 11 is 6.83. The highest BCUT2D eigenvalue weighted by Gasteiger charge is 2.37. The van der Waals surface area contributed by atoms with E-state index in [1.807, 2.05) is 0 Å². The lowest BCUT2D eigenvalue weighted by Gasteiger charge is -2.22. The minimum Gasteiger partial charge on any atom is -0.167 e. The smallest absolute Gasteiger partial charge is 0.161 e. The zero-order chi connectivity index (χ0) is 14.5. The Morgan fingerprint density at radius 1 is 1.25 bits per heavy atom. The average Bonchev–Trinajstić information content (AvgIpc) is 2.97. The van der Waals surface area contributed by atoms with Crippen LogP contribution < -0.4 is 0 Å². The van der Waals surface area contributed by atoms with Crippen molar-refractivity contribution < 1.29 is 0 Å². The molecule has 0 aliphatic heterocycles. The second-order valence-electron chi connectivity index (χ2n) is 7.04. The van der Waals surface area contributed by atoms with Gasteiger partial charge in [0.15, 0.2) is 7.38 Å². The van der Waals surface area contributed by atoms with Crippen molar-refractivity contribution in [3.63, 3.8) is 0 Å². The van der Waals surface area contributed by atoms with Crippen LogP contribution in [0.2, 0.25) is 13.1 Å². The van der Waals surface area contributed by atoms with Gasteiger partial charge in [-0.05, 0) is 59.4 Å². The largest absolute Gasteiger partial charge is 0.167 e. The number of hydrogen-bond donors (Lipinski definition) is 0. The number of hydrogen-bond acceptors (Lipinski definition) is 0. The van der Waals surface area contributed by atoms with Crippen molar-refractivity contribution in [2.24, 2.45) is 5.92 Å². The molecular formula is C18H25ClSi. The third-order valence-corrected chi connectivity index (χ3v) is 7.80. The highest BCUT2D eigenvalue weighted by atomic mass is 35.6. The van der Waals surface area contributed by atoms with Crippen molar-refractivity contribution in [2.75, 3.05) is 0 Å². The summed E-state index contributed by atoms with van der Waals surface area (Å²) < 4.78 is 0. The molecule has 0 heterocycles. The second kappa shape index (κ2) is 5.03. The van der Waals surface area contributed by atoms with E-state index in [1.165, 1.54) is 36.8 Å². The van der Waals surface area contributed by atoms with E-state index in [9.17, 15) is 0 Å². The van der Waals surface area contributed by atoms with Crippen LogP contribution in [0.1, 0.15) is 54.5 Å². The molecule has 1 aromatic carbocycles. The second-order valence-corrected chi connectivity index (χ2v) is 13.7. The summed E-state index contributed by atoms with van der Waals surface area (Å²) in [4.78, 5) is 0. The molecule has 0 spiro atoms. The van der Waals surface area contributed by atoms with Crippen LogP contribution in [0.4, 0.5) is 0 Å². The van der Waals surface area contributed by atoms with Gasteiger partial charge in [-0.15, -0.1) is 0 Å². The summed E-state index contributed by atoms with van der Waals surface area (Å²) in [5.74, 6) is 0.645. The molecule has 0 saturated heterocycles. The van der Waals surface area contributed by atoms with Gasteiger partial charge in [0.05, 0.1) is 0 Å². The van der Waals surface area contributed by atoms with E-state index in [1.54, 1.807) is 16.7 Å². The van der Waals surface area contributed by atoms with E-state index in [0.29, 0.717) is 11.5 Å². The van der Waals surface area contributed by atoms with Crippen LogP contribution in [-0.4, -0.2) is 7.38 Å². The predicted octanol–water partition coefficient (Wildman–Crippen LogP) is 5.69. The Bertz CT molecular complexity index is 566. The number of benzene rings is 1. The van der Waals surface area contributed by atoms with Crippen LogP contribution in [-0.2, 0) is 12.8 Å². The molecule has 0 bridgehead atoms. The van der Waals surface area contributed by atoms with Gasteiger partial charge in [0, 0.05) is 5.54 Å². The first-order valence-corrected chi connectivity index (χ1v) is 12.1. The molecule has 2 unspecified atom stereocenters. The Morgan fingerprint density at radius 3 is 2.50 bits per heavy atom. The lowest BCUT2D eigenvalue weighted by Crippen LogP contribution is -2.26. The molecule has 1 aromatic rings. The monoisotopic (exact) mass is 304 g/mol. The molecule has 0 fully saturated rings. The van der Waals surface area contributed by atoms with E-state index in [0.717, 1.165) is 0 Å². The number of fused-ring (bicyclic) bond motifs is 2. The molecule has 0 nitrogen and oxygen atoms in total. The first-order chi connectivity index (χ1) is 9.41. The standard InChI is InChI=1S/C18H25ClSi/c1-5-12(2)15-11-18(20(3,4)19)17-10-14-8-6-7-13(14)9-16(15)17/h9-12,18H,5-8H2,1-4H3. The summed E-state index contributed by atoms with van der Waals surface area (Å²) in [5.41, 5.74) is 8.28. The first-order valence-electron chi connectivity index (χ1n) is 7.98. The lowest BCUT2D eigenvalue weighted by molar-refractivity contribution is 0.718. The topological polar surface area (TPSA) is 0 Å². The Labute approximate surface area is 128 Å². The number of rotatable bonds is 3. The minimum absolute atomic E-state index is 0.495. The molecule has 2 aliphatic rings. The normalized spacial score (nSPS) is 22.4.